The second-order valence-electron chi connectivity index (χ2n) is 1.89. The molecule has 1 nitrogen and oxygen atoms in total. The van der Waals surface area contributed by atoms with Gasteiger partial charge in [0, 0.05) is 14.9 Å². The summed E-state index contributed by atoms with van der Waals surface area (Å²) in [7, 11) is 0. The Balaban J connectivity index is 2.21. The van der Waals surface area contributed by atoms with Gasteiger partial charge in [0.2, 0.25) is 0 Å². The first-order chi connectivity index (χ1) is 4.49. The Morgan fingerprint density at radius 2 is 2.50 bits per heavy atom. The van der Waals surface area contributed by atoms with Gasteiger partial charge in [0.25, 0.3) is 0 Å². The molecule has 8 heavy (non-hydrogen) atoms. The average Bonchev–Trinajstić information content (AvgIpc) is 1.57. The van der Waals surface area contributed by atoms with Gasteiger partial charge >= 0.3 is 0 Å². The van der Waals surface area contributed by atoms with Crippen molar-refractivity contribution < 1.29 is 7.54 Å². The summed E-state index contributed by atoms with van der Waals surface area (Å²) >= 11 is 1.26. The van der Waals surface area contributed by atoms with E-state index in [9.17, 15) is 4.79 Å². The third-order valence-corrected chi connectivity index (χ3v) is 2.08. The van der Waals surface area contributed by atoms with Crippen molar-refractivity contribution in [1.29, 1.82) is 0 Å². The highest BCUT2D eigenvalue weighted by Gasteiger charge is 2.18. The first kappa shape index (κ1) is 3.94. The van der Waals surface area contributed by atoms with Crippen molar-refractivity contribution in [2.75, 3.05) is 0 Å². The molecule has 0 unspecified atom stereocenters. The molecule has 1 rings (SSSR count). The summed E-state index contributed by atoms with van der Waals surface area (Å²) in [5.74, 6) is 0. The van der Waals surface area contributed by atoms with Gasteiger partial charge in [-0.1, -0.05) is 18.1 Å². The van der Waals surface area contributed by atoms with Crippen LogP contribution in [-0.4, -0.2) is 10.4 Å². The number of carbonyl (C=O) groups is 1. The van der Waals surface area contributed by atoms with E-state index in [1.807, 2.05) is 0 Å². The molecule has 2 heteroatoms. The maximum absolute atomic E-state index is 10.5. The minimum atomic E-state index is -0.993. The summed E-state index contributed by atoms with van der Waals surface area (Å²) in [5, 5.41) is 0.341. The van der Waals surface area contributed by atoms with Crippen molar-refractivity contribution >= 4 is 16.9 Å². The average molecular weight is 132 g/mol. The highest BCUT2D eigenvalue weighted by Crippen LogP contribution is 2.31. The predicted molar refractivity (Wildman–Crippen MR) is 35.9 cm³/mol. The Hall–Kier alpha value is 0.0200. The van der Waals surface area contributed by atoms with E-state index >= 15 is 0 Å². The van der Waals surface area contributed by atoms with Gasteiger partial charge in [0.15, 0.2) is 5.12 Å². The molecule has 1 aliphatic carbocycles. The van der Waals surface area contributed by atoms with Crippen molar-refractivity contribution in [3.05, 3.63) is 0 Å². The maximum Gasteiger partial charge on any atom is 0.186 e. The fourth-order valence-electron chi connectivity index (χ4n) is 0.580. The van der Waals surface area contributed by atoms with Crippen LogP contribution in [0.1, 0.15) is 28.9 Å². The Morgan fingerprint density at radius 3 is 2.88 bits per heavy atom. The highest BCUT2D eigenvalue weighted by atomic mass is 32.2. The standard InChI is InChI=1S/C6H10OS/c1-5(7)8-6-3-2-4-6/h6H,2-4H2,1H3/i2D2. The number of hydrogen-bond donors (Lipinski definition) is 0. The number of rotatable bonds is 1. The predicted octanol–water partition coefficient (Wildman–Crippen LogP) is 1.82. The molecule has 0 aromatic carbocycles. The van der Waals surface area contributed by atoms with E-state index in [-0.39, 0.29) is 10.4 Å². The summed E-state index contributed by atoms with van der Waals surface area (Å²) in [5.41, 5.74) is 0. The van der Waals surface area contributed by atoms with E-state index in [0.29, 0.717) is 12.8 Å². The van der Waals surface area contributed by atoms with Gasteiger partial charge in [-0.25, -0.2) is 0 Å². The van der Waals surface area contributed by atoms with Crippen LogP contribution in [0.2, 0.25) is 0 Å². The van der Waals surface area contributed by atoms with Crippen LogP contribution in [0.5, 0.6) is 0 Å². The summed E-state index contributed by atoms with van der Waals surface area (Å²) in [6.07, 6.45) is 0.0849. The molecule has 0 atom stereocenters. The van der Waals surface area contributed by atoms with Crippen molar-refractivity contribution in [2.45, 2.75) is 31.4 Å². The molecular weight excluding hydrogens is 120 g/mol. The number of thioether (sulfide) groups is 1. The largest absolute Gasteiger partial charge is 0.288 e. The van der Waals surface area contributed by atoms with Crippen LogP contribution in [0.15, 0.2) is 0 Å². The fourth-order valence-corrected chi connectivity index (χ4v) is 1.45. The maximum atomic E-state index is 10.5. The van der Waals surface area contributed by atoms with Crippen molar-refractivity contribution in [1.82, 2.24) is 0 Å². The van der Waals surface area contributed by atoms with Crippen molar-refractivity contribution in [3.63, 3.8) is 0 Å². The molecule has 1 saturated carbocycles. The molecular formula is C6H10OS. The van der Waals surface area contributed by atoms with E-state index in [0.717, 1.165) is 0 Å². The van der Waals surface area contributed by atoms with Crippen LogP contribution in [0.25, 0.3) is 0 Å². The van der Waals surface area contributed by atoms with Gasteiger partial charge in [-0.15, -0.1) is 0 Å². The first-order valence-electron chi connectivity index (χ1n) is 3.67. The fraction of sp³-hybridized carbons (Fsp3) is 0.833. The summed E-state index contributed by atoms with van der Waals surface area (Å²) < 4.78 is 14.4. The minimum Gasteiger partial charge on any atom is -0.288 e. The summed E-state index contributed by atoms with van der Waals surface area (Å²) in [6, 6.07) is 0. The highest BCUT2D eigenvalue weighted by molar-refractivity contribution is 8.14. The molecule has 0 heterocycles. The van der Waals surface area contributed by atoms with Crippen LogP contribution in [-0.2, 0) is 4.79 Å². The molecule has 46 valence electrons. The Labute approximate surface area is 56.7 Å². The molecule has 0 bridgehead atoms. The molecule has 0 N–H and O–H groups in total. The van der Waals surface area contributed by atoms with Crippen LogP contribution in [0, 0.1) is 0 Å². The number of hydrogen-bond acceptors (Lipinski definition) is 2. The van der Waals surface area contributed by atoms with Gasteiger partial charge in [-0.2, -0.15) is 0 Å². The normalized spacial score (nSPS) is 30.1. The third-order valence-electron chi connectivity index (χ3n) is 1.08. The minimum absolute atomic E-state index is 0.0977. The lowest BCUT2D eigenvalue weighted by atomic mass is 10.0. The third kappa shape index (κ3) is 1.51. The molecule has 1 aliphatic rings. The Kier molecular flexibility index (Phi) is 1.25. The van der Waals surface area contributed by atoms with E-state index in [4.69, 9.17) is 2.74 Å². The van der Waals surface area contributed by atoms with Crippen molar-refractivity contribution in [3.8, 4) is 0 Å². The molecule has 0 spiro atoms. The molecule has 0 aliphatic heterocycles. The van der Waals surface area contributed by atoms with Crippen LogP contribution < -0.4 is 0 Å². The zero-order chi connectivity index (χ0) is 7.78. The molecule has 0 amide bonds. The lowest BCUT2D eigenvalue weighted by Crippen LogP contribution is -2.14. The molecule has 0 aromatic heterocycles. The van der Waals surface area contributed by atoms with Crippen LogP contribution in [0.3, 0.4) is 0 Å². The molecule has 0 radical (unpaired) electrons. The zero-order valence-corrected chi connectivity index (χ0v) is 5.62. The van der Waals surface area contributed by atoms with Gasteiger partial charge in [-0.3, -0.25) is 4.79 Å². The van der Waals surface area contributed by atoms with Gasteiger partial charge < -0.3 is 0 Å². The molecule has 1 fully saturated rings. The summed E-state index contributed by atoms with van der Waals surface area (Å²) in [6.45, 7) is 1.53. The topological polar surface area (TPSA) is 17.1 Å². The van der Waals surface area contributed by atoms with E-state index in [1.54, 1.807) is 0 Å². The van der Waals surface area contributed by atoms with E-state index < -0.39 is 6.37 Å². The molecule has 0 saturated heterocycles. The van der Waals surface area contributed by atoms with Crippen molar-refractivity contribution in [2.24, 2.45) is 0 Å². The smallest absolute Gasteiger partial charge is 0.186 e. The quantitative estimate of drug-likeness (QED) is 0.541. The van der Waals surface area contributed by atoms with E-state index in [1.165, 1.54) is 18.7 Å². The molecule has 0 aromatic rings. The van der Waals surface area contributed by atoms with E-state index in [2.05, 4.69) is 0 Å². The SMILES string of the molecule is [2H]C1([2H])CC(SC(C)=O)C1. The van der Waals surface area contributed by atoms with Crippen LogP contribution in [0.4, 0.5) is 0 Å². The monoisotopic (exact) mass is 132 g/mol. The first-order valence-corrected chi connectivity index (χ1v) is 3.55. The zero-order valence-electron chi connectivity index (χ0n) is 6.81. The lowest BCUT2D eigenvalue weighted by Gasteiger charge is -2.22. The van der Waals surface area contributed by atoms with Gasteiger partial charge in [-0.05, 0) is 12.8 Å². The van der Waals surface area contributed by atoms with Gasteiger partial charge in [0.05, 0.1) is 0 Å². The summed E-state index contributed by atoms with van der Waals surface area (Å²) in [4.78, 5) is 10.5. The second-order valence-corrected chi connectivity index (χ2v) is 3.37. The Morgan fingerprint density at radius 1 is 1.88 bits per heavy atom. The Bertz CT molecular complexity index is 150. The lowest BCUT2D eigenvalue weighted by molar-refractivity contribution is -0.109. The van der Waals surface area contributed by atoms with Crippen LogP contribution >= 0.6 is 11.8 Å². The second kappa shape index (κ2) is 2.53. The number of carbonyl (C=O) groups excluding carboxylic acids is 1. The van der Waals surface area contributed by atoms with Gasteiger partial charge in [0.1, 0.15) is 0 Å².